The highest BCUT2D eigenvalue weighted by Gasteiger charge is 2.49. The fraction of sp³-hybridized carbons (Fsp3) is 0.543. The number of rotatable bonds is 6. The number of nitrogens with zero attached hydrogens (tertiary/aromatic N) is 3. The molecule has 6 heterocycles. The van der Waals surface area contributed by atoms with E-state index in [1.165, 1.54) is 11.6 Å². The summed E-state index contributed by atoms with van der Waals surface area (Å²) in [6.45, 7) is 2.93. The molecule has 5 aliphatic rings. The molecule has 1 aliphatic carbocycles. The van der Waals surface area contributed by atoms with Crippen LogP contribution in [0, 0.1) is 11.7 Å². The molecule has 6 atom stereocenters. The van der Waals surface area contributed by atoms with E-state index in [9.17, 15) is 9.90 Å². The number of pyridine rings is 1. The first kappa shape index (κ1) is 29.1. The fourth-order valence-corrected chi connectivity index (χ4v) is 7.67. The Hall–Kier alpha value is -3.31. The first-order valence-electron chi connectivity index (χ1n) is 16.5. The molecule has 9 nitrogen and oxygen atoms in total. The summed E-state index contributed by atoms with van der Waals surface area (Å²) in [5, 5.41) is 10.2. The van der Waals surface area contributed by atoms with Crippen LogP contribution in [0.1, 0.15) is 63.2 Å². The molecular formula is C35H40FN3O6. The van der Waals surface area contributed by atoms with Crippen LogP contribution in [-0.4, -0.2) is 82.8 Å². The van der Waals surface area contributed by atoms with Crippen molar-refractivity contribution in [3.8, 4) is 17.1 Å². The molecule has 0 bridgehead atoms. The van der Waals surface area contributed by atoms with Crippen molar-refractivity contribution >= 4 is 22.5 Å². The molecule has 3 aromatic rings. The van der Waals surface area contributed by atoms with E-state index < -0.39 is 24.1 Å². The van der Waals surface area contributed by atoms with E-state index in [1.54, 1.807) is 0 Å². The molecule has 4 aliphatic heterocycles. The van der Waals surface area contributed by atoms with Crippen LogP contribution in [-0.2, 0) is 19.0 Å². The third kappa shape index (κ3) is 5.45. The Bertz CT molecular complexity index is 1590. The summed E-state index contributed by atoms with van der Waals surface area (Å²) in [6, 6.07) is 11.3. The maximum atomic E-state index is 15.8. The molecule has 0 radical (unpaired) electrons. The quantitative estimate of drug-likeness (QED) is 0.404. The molecule has 0 spiro atoms. The molecule has 4 saturated heterocycles. The lowest BCUT2D eigenvalue weighted by Gasteiger charge is -2.27. The predicted molar refractivity (Wildman–Crippen MR) is 165 cm³/mol. The van der Waals surface area contributed by atoms with Crippen molar-refractivity contribution in [1.29, 1.82) is 0 Å². The van der Waals surface area contributed by atoms with Crippen molar-refractivity contribution in [2.24, 2.45) is 5.92 Å². The Balaban J connectivity index is 1.05. The molecule has 1 N–H and O–H groups in total. The Labute approximate surface area is 261 Å². The topological polar surface area (TPSA) is 95.3 Å². The number of hydrogen-bond donors (Lipinski definition) is 1. The third-order valence-corrected chi connectivity index (χ3v) is 10.1. The summed E-state index contributed by atoms with van der Waals surface area (Å²) in [5.41, 5.74) is 4.54. The van der Waals surface area contributed by atoms with Gasteiger partial charge in [0.2, 0.25) is 5.91 Å². The molecule has 1 amide bonds. The van der Waals surface area contributed by atoms with Gasteiger partial charge >= 0.3 is 0 Å². The number of halogens is 1. The number of fused-ring (bicyclic) bond motifs is 2. The lowest BCUT2D eigenvalue weighted by atomic mass is 9.85. The summed E-state index contributed by atoms with van der Waals surface area (Å²) >= 11 is 0. The van der Waals surface area contributed by atoms with Crippen LogP contribution in [0.25, 0.3) is 27.9 Å². The number of carbonyl (C=O) groups excluding carboxylic acids is 1. The zero-order chi connectivity index (χ0) is 30.5. The van der Waals surface area contributed by atoms with Crippen LogP contribution in [0.4, 0.5) is 4.39 Å². The van der Waals surface area contributed by atoms with Crippen molar-refractivity contribution in [2.45, 2.75) is 82.0 Å². The number of benzene rings is 1. The van der Waals surface area contributed by atoms with Gasteiger partial charge in [0.05, 0.1) is 24.2 Å². The van der Waals surface area contributed by atoms with E-state index in [1.807, 2.05) is 39.8 Å². The number of aromatic nitrogens is 2. The highest BCUT2D eigenvalue weighted by atomic mass is 19.1. The van der Waals surface area contributed by atoms with Crippen molar-refractivity contribution in [3.05, 3.63) is 53.9 Å². The molecule has 2 aromatic heterocycles. The van der Waals surface area contributed by atoms with Crippen LogP contribution in [0.3, 0.4) is 0 Å². The second-order valence-corrected chi connectivity index (χ2v) is 13.0. The molecule has 0 saturated carbocycles. The molecule has 10 heteroatoms. The van der Waals surface area contributed by atoms with Crippen LogP contribution in [0.15, 0.2) is 42.5 Å². The second-order valence-electron chi connectivity index (χ2n) is 13.0. The number of hydrogen-bond acceptors (Lipinski definition) is 7. The van der Waals surface area contributed by atoms with E-state index in [-0.39, 0.29) is 30.6 Å². The predicted octanol–water partition coefficient (Wildman–Crippen LogP) is 5.25. The van der Waals surface area contributed by atoms with Gasteiger partial charge in [-0.2, -0.15) is 0 Å². The lowest BCUT2D eigenvalue weighted by molar-refractivity contribution is -0.134. The fourth-order valence-electron chi connectivity index (χ4n) is 7.67. The monoisotopic (exact) mass is 617 g/mol. The van der Waals surface area contributed by atoms with Crippen LogP contribution in [0.2, 0.25) is 0 Å². The van der Waals surface area contributed by atoms with Crippen molar-refractivity contribution in [2.75, 3.05) is 32.9 Å². The van der Waals surface area contributed by atoms with Gasteiger partial charge in [-0.3, -0.25) is 9.36 Å². The second kappa shape index (κ2) is 12.1. The summed E-state index contributed by atoms with van der Waals surface area (Å²) in [6.07, 6.45) is 7.56. The minimum Gasteiger partial charge on any atom is -0.470 e. The summed E-state index contributed by atoms with van der Waals surface area (Å²) in [7, 11) is 0. The minimum absolute atomic E-state index is 0.0799. The number of amides is 1. The van der Waals surface area contributed by atoms with E-state index >= 15 is 4.39 Å². The van der Waals surface area contributed by atoms with Crippen molar-refractivity contribution in [3.63, 3.8) is 0 Å². The summed E-state index contributed by atoms with van der Waals surface area (Å²) in [5.74, 6) is 0.500. The molecule has 238 valence electrons. The molecule has 2 unspecified atom stereocenters. The largest absolute Gasteiger partial charge is 0.470 e. The van der Waals surface area contributed by atoms with Gasteiger partial charge in [0, 0.05) is 43.3 Å². The van der Waals surface area contributed by atoms with Gasteiger partial charge in [0.1, 0.15) is 30.2 Å². The van der Waals surface area contributed by atoms with Gasteiger partial charge in [-0.1, -0.05) is 30.3 Å². The van der Waals surface area contributed by atoms with E-state index in [2.05, 4.69) is 6.08 Å². The third-order valence-electron chi connectivity index (χ3n) is 10.1. The Morgan fingerprint density at radius 1 is 0.956 bits per heavy atom. The number of ether oxygens (including phenoxy) is 4. The number of allylic oxidation sites excluding steroid dienone is 2. The van der Waals surface area contributed by atoms with Gasteiger partial charge in [0.15, 0.2) is 17.8 Å². The first-order chi connectivity index (χ1) is 22.0. The van der Waals surface area contributed by atoms with Crippen LogP contribution < -0.4 is 4.74 Å². The van der Waals surface area contributed by atoms with Gasteiger partial charge in [0.25, 0.3) is 0 Å². The SMILES string of the molecule is O=C(C1CC=C(c2ccc(-c3nc4cc(O[C@@H]5CO[C@H]6[C@@H]5OC[C@H]6O)n(C5CCCCO5)c4cc3F)cc2)CC1)N1CCCC1. The Morgan fingerprint density at radius 3 is 2.51 bits per heavy atom. The molecule has 8 rings (SSSR count). The van der Waals surface area contributed by atoms with Crippen molar-refractivity contribution in [1.82, 2.24) is 14.5 Å². The van der Waals surface area contributed by atoms with Gasteiger partial charge < -0.3 is 29.0 Å². The first-order valence-corrected chi connectivity index (χ1v) is 16.5. The highest BCUT2D eigenvalue weighted by molar-refractivity contribution is 5.83. The Kier molecular flexibility index (Phi) is 7.85. The zero-order valence-corrected chi connectivity index (χ0v) is 25.4. The Morgan fingerprint density at radius 2 is 1.76 bits per heavy atom. The smallest absolute Gasteiger partial charge is 0.226 e. The average molecular weight is 618 g/mol. The van der Waals surface area contributed by atoms with E-state index in [0.717, 1.165) is 70.0 Å². The molecule has 1 aromatic carbocycles. The number of aliphatic hydroxyl groups is 1. The summed E-state index contributed by atoms with van der Waals surface area (Å²) in [4.78, 5) is 19.7. The standard InChI is InChI=1S/C35H40FN3O6/c36-25-17-27-26(18-31(39(27)30-5-1-4-16-42-30)45-29-20-44-33-28(40)19-43-34(29)33)37-32(25)23-10-6-21(7-11-23)22-8-12-24(13-9-22)35(41)38-14-2-3-15-38/h6-8,10-11,17-18,24,28-30,33-34,40H,1-5,9,12-16,19-20H2/t24?,28-,29-,30?,33-,34-/m1/s1. The number of aliphatic hydroxyl groups excluding tert-OH is 1. The highest BCUT2D eigenvalue weighted by Crippen LogP contribution is 2.39. The van der Waals surface area contributed by atoms with Gasteiger partial charge in [-0.15, -0.1) is 0 Å². The maximum Gasteiger partial charge on any atom is 0.226 e. The minimum atomic E-state index is -0.670. The number of carbonyl (C=O) groups is 1. The van der Waals surface area contributed by atoms with Crippen molar-refractivity contribution < 1.29 is 33.2 Å². The summed E-state index contributed by atoms with van der Waals surface area (Å²) < 4.78 is 41.9. The maximum absolute atomic E-state index is 15.8. The van der Waals surface area contributed by atoms with E-state index in [4.69, 9.17) is 23.9 Å². The normalized spacial score (nSPS) is 30.1. The molecule has 4 fully saturated rings. The van der Waals surface area contributed by atoms with E-state index in [0.29, 0.717) is 41.6 Å². The van der Waals surface area contributed by atoms with Crippen LogP contribution >= 0.6 is 0 Å². The van der Waals surface area contributed by atoms with Crippen LogP contribution in [0.5, 0.6) is 5.88 Å². The van der Waals surface area contributed by atoms with Gasteiger partial charge in [-0.05, 0) is 62.5 Å². The zero-order valence-electron chi connectivity index (χ0n) is 25.4. The number of likely N-dealkylation sites (tertiary alicyclic amines) is 1. The van der Waals surface area contributed by atoms with Gasteiger partial charge in [-0.25, -0.2) is 9.37 Å². The average Bonchev–Trinajstić information content (AvgIpc) is 3.88. The lowest BCUT2D eigenvalue weighted by Crippen LogP contribution is -2.35. The molecule has 45 heavy (non-hydrogen) atoms. The molecular weight excluding hydrogens is 577 g/mol.